The van der Waals surface area contributed by atoms with E-state index < -0.39 is 11.8 Å². The highest BCUT2D eigenvalue weighted by Gasteiger charge is 2.13. The summed E-state index contributed by atoms with van der Waals surface area (Å²) < 4.78 is 19.4. The molecule has 0 aliphatic heterocycles. The summed E-state index contributed by atoms with van der Waals surface area (Å²) in [7, 11) is 1.28. The van der Waals surface area contributed by atoms with Crippen molar-refractivity contribution in [2.75, 3.05) is 7.11 Å². The Hall–Kier alpha value is -1.67. The predicted octanol–water partition coefficient (Wildman–Crippen LogP) is 1.93. The molecule has 1 aromatic carbocycles. The van der Waals surface area contributed by atoms with Gasteiger partial charge in [0.05, 0.1) is 7.11 Å². The molecule has 0 radical (unpaired) electrons. The molecule has 0 fully saturated rings. The number of carbonyl (C=O) groups excluding carboxylic acids is 1. The van der Waals surface area contributed by atoms with E-state index in [-0.39, 0.29) is 12.3 Å². The van der Waals surface area contributed by atoms with Gasteiger partial charge >= 0.3 is 5.97 Å². The summed E-state index contributed by atoms with van der Waals surface area (Å²) in [6, 6.07) is 4.48. The number of aromatic nitrogens is 4. The van der Waals surface area contributed by atoms with Crippen LogP contribution in [-0.4, -0.2) is 33.3 Å². The van der Waals surface area contributed by atoms with Crippen molar-refractivity contribution in [3.63, 3.8) is 0 Å². The van der Waals surface area contributed by atoms with Crippen molar-refractivity contribution in [2.24, 2.45) is 0 Å². The SMILES string of the molecule is COC(=O)Cn1nnnc1SCc1c(F)cccc1Cl. The van der Waals surface area contributed by atoms with Gasteiger partial charge in [0.25, 0.3) is 0 Å². The second kappa shape index (κ2) is 6.67. The maximum atomic E-state index is 13.6. The van der Waals surface area contributed by atoms with E-state index in [1.165, 1.54) is 35.7 Å². The number of hydrogen-bond donors (Lipinski definition) is 0. The largest absolute Gasteiger partial charge is 0.468 e. The molecule has 0 atom stereocenters. The molecule has 106 valence electrons. The molecule has 1 heterocycles. The number of esters is 1. The highest BCUT2D eigenvalue weighted by Crippen LogP contribution is 2.27. The van der Waals surface area contributed by atoms with Crippen molar-refractivity contribution in [3.05, 3.63) is 34.6 Å². The fourth-order valence-corrected chi connectivity index (χ4v) is 2.61. The number of methoxy groups -OCH3 is 1. The maximum absolute atomic E-state index is 13.6. The Labute approximate surface area is 123 Å². The van der Waals surface area contributed by atoms with Crippen LogP contribution in [0.25, 0.3) is 0 Å². The molecular weight excluding hydrogens is 307 g/mol. The Morgan fingerprint density at radius 1 is 1.55 bits per heavy atom. The van der Waals surface area contributed by atoms with Crippen LogP contribution in [0.5, 0.6) is 0 Å². The monoisotopic (exact) mass is 316 g/mol. The summed E-state index contributed by atoms with van der Waals surface area (Å²) in [5, 5.41) is 11.6. The van der Waals surface area contributed by atoms with Crippen LogP contribution < -0.4 is 0 Å². The van der Waals surface area contributed by atoms with Crippen LogP contribution in [0.3, 0.4) is 0 Å². The predicted molar refractivity (Wildman–Crippen MR) is 70.8 cm³/mol. The Morgan fingerprint density at radius 3 is 3.05 bits per heavy atom. The Kier molecular flexibility index (Phi) is 4.91. The van der Waals surface area contributed by atoms with Gasteiger partial charge in [-0.1, -0.05) is 29.4 Å². The molecule has 1 aromatic heterocycles. The van der Waals surface area contributed by atoms with Crippen molar-refractivity contribution < 1.29 is 13.9 Å². The quantitative estimate of drug-likeness (QED) is 0.620. The van der Waals surface area contributed by atoms with Crippen LogP contribution in [0.1, 0.15) is 5.56 Å². The number of thioether (sulfide) groups is 1. The van der Waals surface area contributed by atoms with Crippen molar-refractivity contribution in [1.82, 2.24) is 20.2 Å². The molecule has 2 rings (SSSR count). The molecule has 0 unspecified atom stereocenters. The average Bonchev–Trinajstić information content (AvgIpc) is 2.85. The van der Waals surface area contributed by atoms with Crippen molar-refractivity contribution in [1.29, 1.82) is 0 Å². The van der Waals surface area contributed by atoms with Crippen molar-refractivity contribution >= 4 is 29.3 Å². The van der Waals surface area contributed by atoms with Crippen LogP contribution in [-0.2, 0) is 21.8 Å². The van der Waals surface area contributed by atoms with E-state index in [2.05, 4.69) is 20.3 Å². The van der Waals surface area contributed by atoms with Gasteiger partial charge in [-0.05, 0) is 22.6 Å². The van der Waals surface area contributed by atoms with Gasteiger partial charge in [0.1, 0.15) is 12.4 Å². The third-order valence-corrected chi connectivity index (χ3v) is 3.75. The lowest BCUT2D eigenvalue weighted by atomic mass is 10.2. The highest BCUT2D eigenvalue weighted by molar-refractivity contribution is 7.98. The number of tetrazole rings is 1. The van der Waals surface area contributed by atoms with Crippen LogP contribution in [0.4, 0.5) is 4.39 Å². The van der Waals surface area contributed by atoms with Gasteiger partial charge in [0.2, 0.25) is 5.16 Å². The van der Waals surface area contributed by atoms with E-state index in [4.69, 9.17) is 11.6 Å². The molecule has 0 aliphatic carbocycles. The van der Waals surface area contributed by atoms with Gasteiger partial charge in [-0.15, -0.1) is 5.10 Å². The molecule has 0 spiro atoms. The third kappa shape index (κ3) is 3.45. The zero-order valence-electron chi connectivity index (χ0n) is 10.4. The first-order chi connectivity index (χ1) is 9.61. The fourth-order valence-electron chi connectivity index (χ4n) is 1.39. The van der Waals surface area contributed by atoms with E-state index in [0.29, 0.717) is 15.7 Å². The first-order valence-electron chi connectivity index (χ1n) is 5.50. The smallest absolute Gasteiger partial charge is 0.327 e. The average molecular weight is 317 g/mol. The van der Waals surface area contributed by atoms with Gasteiger partial charge in [-0.25, -0.2) is 9.07 Å². The number of benzene rings is 1. The van der Waals surface area contributed by atoms with Gasteiger partial charge in [0.15, 0.2) is 0 Å². The molecule has 0 N–H and O–H groups in total. The molecule has 0 aliphatic rings. The normalized spacial score (nSPS) is 10.6. The number of rotatable bonds is 5. The summed E-state index contributed by atoms with van der Waals surface area (Å²) in [5.41, 5.74) is 0.367. The molecule has 20 heavy (non-hydrogen) atoms. The lowest BCUT2D eigenvalue weighted by Crippen LogP contribution is -2.13. The number of nitrogens with zero attached hydrogens (tertiary/aromatic N) is 4. The van der Waals surface area contributed by atoms with Gasteiger partial charge < -0.3 is 4.74 Å². The minimum Gasteiger partial charge on any atom is -0.468 e. The van der Waals surface area contributed by atoms with E-state index in [1.807, 2.05) is 0 Å². The lowest BCUT2D eigenvalue weighted by molar-refractivity contribution is -0.141. The van der Waals surface area contributed by atoms with Crippen LogP contribution in [0, 0.1) is 5.82 Å². The number of halogens is 2. The molecule has 6 nitrogen and oxygen atoms in total. The Balaban J connectivity index is 2.08. The third-order valence-electron chi connectivity index (χ3n) is 2.41. The second-order valence-electron chi connectivity index (χ2n) is 3.68. The van der Waals surface area contributed by atoms with Crippen molar-refractivity contribution in [3.8, 4) is 0 Å². The Morgan fingerprint density at radius 2 is 2.35 bits per heavy atom. The standard InChI is InChI=1S/C11H10ClFN4O2S/c1-19-10(18)5-17-11(14-15-16-17)20-6-7-8(12)3-2-4-9(7)13/h2-4H,5-6H2,1H3. The second-order valence-corrected chi connectivity index (χ2v) is 5.03. The first kappa shape index (κ1) is 14.7. The molecule has 9 heteroatoms. The first-order valence-corrected chi connectivity index (χ1v) is 6.87. The van der Waals surface area contributed by atoms with Crippen LogP contribution in [0.15, 0.2) is 23.4 Å². The zero-order valence-corrected chi connectivity index (χ0v) is 12.0. The van der Waals surface area contributed by atoms with Crippen LogP contribution >= 0.6 is 23.4 Å². The van der Waals surface area contributed by atoms with Crippen molar-refractivity contribution in [2.45, 2.75) is 17.5 Å². The number of ether oxygens (including phenoxy) is 1. The summed E-state index contributed by atoms with van der Waals surface area (Å²) in [5.74, 6) is -0.604. The molecule has 0 amide bonds. The van der Waals surface area contributed by atoms with Gasteiger partial charge in [0, 0.05) is 16.3 Å². The molecular formula is C11H10ClFN4O2S. The van der Waals surface area contributed by atoms with Gasteiger partial charge in [-0.3, -0.25) is 4.79 Å². The summed E-state index contributed by atoms with van der Waals surface area (Å²) in [6.45, 7) is -0.100. The number of carbonyl (C=O) groups is 1. The lowest BCUT2D eigenvalue weighted by Gasteiger charge is -2.05. The molecule has 0 saturated carbocycles. The summed E-state index contributed by atoms with van der Waals surface area (Å²) in [6.07, 6.45) is 0. The fraction of sp³-hybridized carbons (Fsp3) is 0.273. The van der Waals surface area contributed by atoms with Crippen LogP contribution in [0.2, 0.25) is 5.02 Å². The van der Waals surface area contributed by atoms with E-state index in [9.17, 15) is 9.18 Å². The van der Waals surface area contributed by atoms with E-state index >= 15 is 0 Å². The summed E-state index contributed by atoms with van der Waals surface area (Å²) in [4.78, 5) is 11.2. The molecule has 0 bridgehead atoms. The topological polar surface area (TPSA) is 69.9 Å². The van der Waals surface area contributed by atoms with E-state index in [0.717, 1.165) is 0 Å². The van der Waals surface area contributed by atoms with E-state index in [1.54, 1.807) is 6.07 Å². The van der Waals surface area contributed by atoms with Gasteiger partial charge in [-0.2, -0.15) is 0 Å². The number of hydrogen-bond acceptors (Lipinski definition) is 6. The minimum absolute atomic E-state index is 0.100. The zero-order chi connectivity index (χ0) is 14.5. The highest BCUT2D eigenvalue weighted by atomic mass is 35.5. The molecule has 0 saturated heterocycles. The molecule has 2 aromatic rings. The summed E-state index contributed by atoms with van der Waals surface area (Å²) >= 11 is 7.11. The minimum atomic E-state index is -0.469. The maximum Gasteiger partial charge on any atom is 0.327 e. The Bertz CT molecular complexity index is 602.